The highest BCUT2D eigenvalue weighted by Crippen LogP contribution is 2.15. The van der Waals surface area contributed by atoms with E-state index in [1.165, 1.54) is 6.07 Å². The Bertz CT molecular complexity index is 424. The molecule has 0 atom stereocenters. The highest BCUT2D eigenvalue weighted by atomic mass is 32.2. The lowest BCUT2D eigenvalue weighted by Crippen LogP contribution is -2.14. The zero-order valence-electron chi connectivity index (χ0n) is 7.81. The predicted octanol–water partition coefficient (Wildman–Crippen LogP) is 1.45. The fourth-order valence-electron chi connectivity index (χ4n) is 1.25. The summed E-state index contributed by atoms with van der Waals surface area (Å²) in [5, 5.41) is 5.08. The van der Waals surface area contributed by atoms with Crippen molar-refractivity contribution in [2.45, 2.75) is 17.7 Å². The molecule has 1 aromatic rings. The van der Waals surface area contributed by atoms with Gasteiger partial charge in [0, 0.05) is 0 Å². The third-order valence-electron chi connectivity index (χ3n) is 1.90. The summed E-state index contributed by atoms with van der Waals surface area (Å²) in [6.07, 6.45) is 3.14. The molecular formula is C10H13NO2S. The first kappa shape index (κ1) is 10.9. The summed E-state index contributed by atoms with van der Waals surface area (Å²) in [6.45, 7) is 3.59. The molecule has 0 amide bonds. The summed E-state index contributed by atoms with van der Waals surface area (Å²) < 4.78 is 22.3. The number of hydrogen-bond donors (Lipinski definition) is 1. The molecule has 76 valence electrons. The van der Waals surface area contributed by atoms with Gasteiger partial charge in [0.05, 0.1) is 4.90 Å². The molecule has 0 heterocycles. The average molecular weight is 211 g/mol. The molecule has 0 spiro atoms. The summed E-state index contributed by atoms with van der Waals surface area (Å²) in [5.74, 6) is 0. The standard InChI is InChI=1S/C10H13NO2S/c1-2-3-6-9-7-4-5-8-10(9)14(11,12)13/h2,4-5,7-8H,1,3,6H2,(H2,11,12,13). The number of nitrogens with two attached hydrogens (primary N) is 1. The first-order valence-electron chi connectivity index (χ1n) is 4.27. The molecule has 1 rings (SSSR count). The van der Waals surface area contributed by atoms with Crippen LogP contribution >= 0.6 is 0 Å². The van der Waals surface area contributed by atoms with Crippen LogP contribution in [0.1, 0.15) is 12.0 Å². The van der Waals surface area contributed by atoms with Crippen LogP contribution in [0.5, 0.6) is 0 Å². The Labute approximate surface area is 84.3 Å². The largest absolute Gasteiger partial charge is 0.238 e. The average Bonchev–Trinajstić information content (AvgIpc) is 2.14. The summed E-state index contributed by atoms with van der Waals surface area (Å²) in [5.41, 5.74) is 0.745. The van der Waals surface area contributed by atoms with Gasteiger partial charge in [-0.25, -0.2) is 13.6 Å². The van der Waals surface area contributed by atoms with Gasteiger partial charge >= 0.3 is 0 Å². The Morgan fingerprint density at radius 3 is 2.57 bits per heavy atom. The van der Waals surface area contributed by atoms with E-state index in [1.54, 1.807) is 24.3 Å². The molecule has 0 fully saturated rings. The molecule has 1 aromatic carbocycles. The minimum Gasteiger partial charge on any atom is -0.225 e. The summed E-state index contributed by atoms with van der Waals surface area (Å²) in [6, 6.07) is 6.75. The lowest BCUT2D eigenvalue weighted by atomic mass is 10.1. The zero-order chi connectivity index (χ0) is 10.6. The van der Waals surface area contributed by atoms with Gasteiger partial charge in [-0.15, -0.1) is 6.58 Å². The summed E-state index contributed by atoms with van der Waals surface area (Å²) in [4.78, 5) is 0.210. The van der Waals surface area contributed by atoms with E-state index in [1.807, 2.05) is 0 Å². The number of hydrogen-bond acceptors (Lipinski definition) is 2. The molecule has 4 heteroatoms. The first-order valence-corrected chi connectivity index (χ1v) is 5.82. The molecule has 0 saturated carbocycles. The van der Waals surface area contributed by atoms with Gasteiger partial charge in [0.25, 0.3) is 0 Å². The monoisotopic (exact) mass is 211 g/mol. The number of allylic oxidation sites excluding steroid dienone is 1. The van der Waals surface area contributed by atoms with Crippen molar-refractivity contribution in [3.63, 3.8) is 0 Å². The highest BCUT2D eigenvalue weighted by Gasteiger charge is 2.11. The Morgan fingerprint density at radius 2 is 2.00 bits per heavy atom. The van der Waals surface area contributed by atoms with Gasteiger partial charge in [0.2, 0.25) is 10.0 Å². The maximum absolute atomic E-state index is 11.2. The smallest absolute Gasteiger partial charge is 0.225 e. The van der Waals surface area contributed by atoms with Crippen molar-refractivity contribution in [3.8, 4) is 0 Å². The second-order valence-corrected chi connectivity index (χ2v) is 4.51. The van der Waals surface area contributed by atoms with E-state index in [2.05, 4.69) is 6.58 Å². The van der Waals surface area contributed by atoms with E-state index < -0.39 is 10.0 Å². The normalized spacial score (nSPS) is 11.2. The van der Waals surface area contributed by atoms with Crippen LogP contribution in [-0.4, -0.2) is 8.42 Å². The molecule has 0 radical (unpaired) electrons. The second kappa shape index (κ2) is 4.39. The molecule has 0 aromatic heterocycles. The number of sulfonamides is 1. The van der Waals surface area contributed by atoms with Crippen LogP contribution in [0.3, 0.4) is 0 Å². The van der Waals surface area contributed by atoms with E-state index >= 15 is 0 Å². The highest BCUT2D eigenvalue weighted by molar-refractivity contribution is 7.89. The van der Waals surface area contributed by atoms with Gasteiger partial charge in [0.1, 0.15) is 0 Å². The number of benzene rings is 1. The Hall–Kier alpha value is -1.13. The molecule has 2 N–H and O–H groups in total. The predicted molar refractivity (Wildman–Crippen MR) is 56.3 cm³/mol. The van der Waals surface area contributed by atoms with Gasteiger partial charge in [0.15, 0.2) is 0 Å². The number of aryl methyl sites for hydroxylation is 1. The van der Waals surface area contributed by atoms with E-state index in [0.717, 1.165) is 12.0 Å². The molecule has 0 aliphatic carbocycles. The topological polar surface area (TPSA) is 60.2 Å². The van der Waals surface area contributed by atoms with Crippen molar-refractivity contribution in [1.29, 1.82) is 0 Å². The van der Waals surface area contributed by atoms with Crippen molar-refractivity contribution in [3.05, 3.63) is 42.5 Å². The van der Waals surface area contributed by atoms with Crippen LogP contribution in [0, 0.1) is 0 Å². The van der Waals surface area contributed by atoms with Crippen molar-refractivity contribution < 1.29 is 8.42 Å². The van der Waals surface area contributed by atoms with Crippen molar-refractivity contribution >= 4 is 10.0 Å². The lowest BCUT2D eigenvalue weighted by Gasteiger charge is -2.05. The molecule has 0 aliphatic rings. The van der Waals surface area contributed by atoms with Crippen LogP contribution in [0.15, 0.2) is 41.8 Å². The molecule has 3 nitrogen and oxygen atoms in total. The van der Waals surface area contributed by atoms with Gasteiger partial charge in [-0.2, -0.15) is 0 Å². The Balaban J connectivity index is 3.10. The van der Waals surface area contributed by atoms with Crippen molar-refractivity contribution in [2.24, 2.45) is 5.14 Å². The van der Waals surface area contributed by atoms with Crippen molar-refractivity contribution in [2.75, 3.05) is 0 Å². The summed E-state index contributed by atoms with van der Waals surface area (Å²) >= 11 is 0. The van der Waals surface area contributed by atoms with Crippen LogP contribution in [-0.2, 0) is 16.4 Å². The van der Waals surface area contributed by atoms with Gasteiger partial charge in [-0.3, -0.25) is 0 Å². The molecule has 0 saturated heterocycles. The Kier molecular flexibility index (Phi) is 3.43. The minimum absolute atomic E-state index is 0.210. The van der Waals surface area contributed by atoms with E-state index in [-0.39, 0.29) is 4.90 Å². The summed E-state index contributed by atoms with van der Waals surface area (Å²) in [7, 11) is -3.60. The van der Waals surface area contributed by atoms with Gasteiger partial charge < -0.3 is 0 Å². The third kappa shape index (κ3) is 2.68. The maximum atomic E-state index is 11.2. The number of rotatable bonds is 4. The molecule has 0 bridgehead atoms. The quantitative estimate of drug-likeness (QED) is 0.766. The fourth-order valence-corrected chi connectivity index (χ4v) is 2.05. The molecular weight excluding hydrogens is 198 g/mol. The van der Waals surface area contributed by atoms with Crippen LogP contribution in [0.2, 0.25) is 0 Å². The molecule has 0 unspecified atom stereocenters. The van der Waals surface area contributed by atoms with Crippen LogP contribution in [0.4, 0.5) is 0 Å². The zero-order valence-corrected chi connectivity index (χ0v) is 8.63. The molecule has 0 aliphatic heterocycles. The van der Waals surface area contributed by atoms with E-state index in [9.17, 15) is 8.42 Å². The SMILES string of the molecule is C=CCCc1ccccc1S(N)(=O)=O. The maximum Gasteiger partial charge on any atom is 0.238 e. The van der Waals surface area contributed by atoms with Gasteiger partial charge in [-0.05, 0) is 24.5 Å². The van der Waals surface area contributed by atoms with E-state index in [0.29, 0.717) is 6.42 Å². The van der Waals surface area contributed by atoms with Crippen molar-refractivity contribution in [1.82, 2.24) is 0 Å². The second-order valence-electron chi connectivity index (χ2n) is 2.98. The number of primary sulfonamides is 1. The Morgan fingerprint density at radius 1 is 1.36 bits per heavy atom. The van der Waals surface area contributed by atoms with Crippen LogP contribution < -0.4 is 5.14 Å². The van der Waals surface area contributed by atoms with Gasteiger partial charge in [-0.1, -0.05) is 24.3 Å². The van der Waals surface area contributed by atoms with Crippen LogP contribution in [0.25, 0.3) is 0 Å². The lowest BCUT2D eigenvalue weighted by molar-refractivity contribution is 0.596. The third-order valence-corrected chi connectivity index (χ3v) is 2.91. The van der Waals surface area contributed by atoms with E-state index in [4.69, 9.17) is 5.14 Å². The first-order chi connectivity index (χ1) is 6.55. The minimum atomic E-state index is -3.60. The fraction of sp³-hybridized carbons (Fsp3) is 0.200. The molecule has 14 heavy (non-hydrogen) atoms.